The fraction of sp³-hybridized carbons (Fsp3) is 0.367. The minimum absolute atomic E-state index is 0.0563. The van der Waals surface area contributed by atoms with Crippen molar-refractivity contribution in [3.05, 3.63) is 69.3 Å². The number of aromatic amines is 1. The highest BCUT2D eigenvalue weighted by Gasteiger charge is 2.27. The summed E-state index contributed by atoms with van der Waals surface area (Å²) in [5.41, 5.74) is 3.28. The lowest BCUT2D eigenvalue weighted by Gasteiger charge is -2.23. The van der Waals surface area contributed by atoms with E-state index in [4.69, 9.17) is 5.11 Å². The topological polar surface area (TPSA) is 239 Å². The standard InChI is InChI=1S/C30H33N5O10S/c1-35(46-23-9-4-16-12-22-19(13-18(16)23)28(41)34-24(14-36)31-22)17-5-2-15(3-6-17)27(40)33-21(30(44)45)7-10-25(37)32-20(29(42)43)8-11-26(38)39/h2-3,5-6,12-13,20-21,23,36H,4,7-11,14H2,1H3,(H,32,37)(H,33,40)(H,38,39)(H,42,43)(H,44,45)(H,31,34,41)/t20-,21+,23?/m1/s1. The third-order valence-corrected chi connectivity index (χ3v) is 8.78. The number of hydrogen-bond acceptors (Lipinski definition) is 10. The Morgan fingerprint density at radius 1 is 1.00 bits per heavy atom. The molecule has 0 radical (unpaired) electrons. The number of carbonyl (C=O) groups excluding carboxylic acids is 2. The molecule has 2 aromatic carbocycles. The van der Waals surface area contributed by atoms with Gasteiger partial charge in [0.15, 0.2) is 0 Å². The second-order valence-electron chi connectivity index (χ2n) is 10.7. The van der Waals surface area contributed by atoms with Crippen molar-refractivity contribution in [2.75, 3.05) is 11.4 Å². The summed E-state index contributed by atoms with van der Waals surface area (Å²) in [6, 6.07) is 7.33. The van der Waals surface area contributed by atoms with Crippen LogP contribution in [0.3, 0.4) is 0 Å². The average Bonchev–Trinajstić information content (AvgIpc) is 3.40. The van der Waals surface area contributed by atoms with E-state index in [-0.39, 0.29) is 41.6 Å². The molecule has 1 aliphatic rings. The van der Waals surface area contributed by atoms with Crippen molar-refractivity contribution >= 4 is 58.3 Å². The number of aliphatic hydroxyl groups excluding tert-OH is 1. The van der Waals surface area contributed by atoms with Crippen molar-refractivity contribution in [3.8, 4) is 0 Å². The highest BCUT2D eigenvalue weighted by Crippen LogP contribution is 2.44. The van der Waals surface area contributed by atoms with Gasteiger partial charge in [0.25, 0.3) is 11.5 Å². The summed E-state index contributed by atoms with van der Waals surface area (Å²) >= 11 is 1.55. The SMILES string of the molecule is CN(SC1CCc2cc3nc(CO)[nH]c(=O)c3cc21)c1ccc(C(=O)N[C@@H](CCC(=O)N[C@H](CCC(=O)O)C(=O)O)C(=O)O)cc1. The first kappa shape index (κ1) is 33.9. The molecule has 244 valence electrons. The van der Waals surface area contributed by atoms with Crippen LogP contribution in [-0.2, 0) is 32.2 Å². The third-order valence-electron chi connectivity index (χ3n) is 7.51. The number of carbonyl (C=O) groups is 5. The number of carboxylic acids is 3. The van der Waals surface area contributed by atoms with Crippen LogP contribution in [0.25, 0.3) is 10.9 Å². The first-order chi connectivity index (χ1) is 21.9. The number of aliphatic carboxylic acids is 3. The number of fused-ring (bicyclic) bond motifs is 2. The molecule has 4 rings (SSSR count). The number of H-pyrrole nitrogens is 1. The smallest absolute Gasteiger partial charge is 0.326 e. The van der Waals surface area contributed by atoms with Crippen molar-refractivity contribution in [3.63, 3.8) is 0 Å². The van der Waals surface area contributed by atoms with Crippen molar-refractivity contribution in [1.82, 2.24) is 20.6 Å². The minimum atomic E-state index is -1.44. The molecular weight excluding hydrogens is 622 g/mol. The zero-order chi connectivity index (χ0) is 33.5. The van der Waals surface area contributed by atoms with Crippen molar-refractivity contribution in [2.45, 2.75) is 62.5 Å². The van der Waals surface area contributed by atoms with E-state index in [1.54, 1.807) is 24.1 Å². The molecule has 1 heterocycles. The Hall–Kier alpha value is -4.96. The van der Waals surface area contributed by atoms with Gasteiger partial charge in [-0.2, -0.15) is 0 Å². The normalized spacial score (nSPS) is 15.0. The van der Waals surface area contributed by atoms with Crippen LogP contribution in [0.4, 0.5) is 5.69 Å². The predicted octanol–water partition coefficient (Wildman–Crippen LogP) is 1.58. The van der Waals surface area contributed by atoms with Gasteiger partial charge >= 0.3 is 17.9 Å². The van der Waals surface area contributed by atoms with E-state index in [0.29, 0.717) is 10.9 Å². The van der Waals surface area contributed by atoms with Crippen LogP contribution in [0.1, 0.15) is 64.7 Å². The molecule has 2 amide bonds. The van der Waals surface area contributed by atoms with Crippen molar-refractivity contribution in [2.24, 2.45) is 0 Å². The maximum atomic E-state index is 12.8. The van der Waals surface area contributed by atoms with E-state index in [9.17, 15) is 44.1 Å². The molecule has 1 aromatic heterocycles. The molecule has 3 atom stereocenters. The number of aromatic nitrogens is 2. The fourth-order valence-electron chi connectivity index (χ4n) is 5.08. The molecule has 15 nitrogen and oxygen atoms in total. The van der Waals surface area contributed by atoms with E-state index in [1.165, 1.54) is 12.1 Å². The maximum absolute atomic E-state index is 12.8. The van der Waals surface area contributed by atoms with Gasteiger partial charge in [0.2, 0.25) is 5.91 Å². The Kier molecular flexibility index (Phi) is 11.0. The van der Waals surface area contributed by atoms with Crippen LogP contribution < -0.4 is 20.5 Å². The summed E-state index contributed by atoms with van der Waals surface area (Å²) in [4.78, 5) is 78.2. The predicted molar refractivity (Wildman–Crippen MR) is 166 cm³/mol. The highest BCUT2D eigenvalue weighted by atomic mass is 32.2. The van der Waals surface area contributed by atoms with E-state index in [2.05, 4.69) is 20.6 Å². The van der Waals surface area contributed by atoms with Gasteiger partial charge in [-0.25, -0.2) is 14.6 Å². The number of anilines is 1. The van der Waals surface area contributed by atoms with Gasteiger partial charge in [-0.1, -0.05) is 0 Å². The fourth-order valence-corrected chi connectivity index (χ4v) is 6.26. The number of aliphatic hydroxyl groups is 1. The Morgan fingerprint density at radius 3 is 2.28 bits per heavy atom. The van der Waals surface area contributed by atoms with Gasteiger partial charge < -0.3 is 40.3 Å². The summed E-state index contributed by atoms with van der Waals surface area (Å²) in [6.07, 6.45) is 0.0891. The largest absolute Gasteiger partial charge is 0.481 e. The maximum Gasteiger partial charge on any atom is 0.326 e. The molecular formula is C30H33N5O10S. The first-order valence-electron chi connectivity index (χ1n) is 14.3. The van der Waals surface area contributed by atoms with Crippen LogP contribution in [-0.4, -0.2) is 79.2 Å². The van der Waals surface area contributed by atoms with Gasteiger partial charge in [0.05, 0.1) is 16.2 Å². The Bertz CT molecular complexity index is 1710. The lowest BCUT2D eigenvalue weighted by atomic mass is 10.1. The molecule has 46 heavy (non-hydrogen) atoms. The second-order valence-corrected chi connectivity index (χ2v) is 12.0. The van der Waals surface area contributed by atoms with E-state index < -0.39 is 54.6 Å². The molecule has 0 saturated heterocycles. The zero-order valence-electron chi connectivity index (χ0n) is 24.7. The van der Waals surface area contributed by atoms with Crippen molar-refractivity contribution < 1.29 is 44.4 Å². The summed E-state index contributed by atoms with van der Waals surface area (Å²) < 4.78 is 1.93. The molecule has 0 saturated carbocycles. The number of carboxylic acid groups (broad SMARTS) is 3. The molecule has 0 bridgehead atoms. The van der Waals surface area contributed by atoms with Crippen LogP contribution >= 0.6 is 11.9 Å². The molecule has 1 aliphatic carbocycles. The summed E-state index contributed by atoms with van der Waals surface area (Å²) in [5, 5.41) is 41.9. The number of aryl methyl sites for hydroxylation is 1. The molecule has 16 heteroatoms. The summed E-state index contributed by atoms with van der Waals surface area (Å²) in [6.45, 7) is -0.361. The van der Waals surface area contributed by atoms with Gasteiger partial charge in [-0.05, 0) is 85.2 Å². The number of benzene rings is 2. The van der Waals surface area contributed by atoms with Gasteiger partial charge in [-0.3, -0.25) is 19.2 Å². The van der Waals surface area contributed by atoms with Crippen LogP contribution in [0.15, 0.2) is 41.2 Å². The lowest BCUT2D eigenvalue weighted by molar-refractivity contribution is -0.143. The second kappa shape index (κ2) is 14.9. The molecule has 7 N–H and O–H groups in total. The summed E-state index contributed by atoms with van der Waals surface area (Å²) in [5.74, 6) is -5.29. The average molecular weight is 656 g/mol. The Balaban J connectivity index is 1.34. The Labute approximate surface area is 266 Å². The quantitative estimate of drug-likeness (QED) is 0.115. The minimum Gasteiger partial charge on any atom is -0.481 e. The highest BCUT2D eigenvalue weighted by molar-refractivity contribution is 8.00. The number of nitrogens with one attached hydrogen (secondary N) is 3. The number of nitrogens with zero attached hydrogens (tertiary/aromatic N) is 2. The number of amides is 2. The van der Waals surface area contributed by atoms with E-state index >= 15 is 0 Å². The van der Waals surface area contributed by atoms with E-state index in [0.717, 1.165) is 29.7 Å². The molecule has 0 spiro atoms. The molecule has 3 aromatic rings. The van der Waals surface area contributed by atoms with Crippen LogP contribution in [0.5, 0.6) is 0 Å². The lowest BCUT2D eigenvalue weighted by Crippen LogP contribution is -2.44. The first-order valence-corrected chi connectivity index (χ1v) is 15.1. The third kappa shape index (κ3) is 8.39. The monoisotopic (exact) mass is 655 g/mol. The molecule has 0 fully saturated rings. The molecule has 1 unspecified atom stereocenters. The number of rotatable bonds is 15. The van der Waals surface area contributed by atoms with Crippen LogP contribution in [0.2, 0.25) is 0 Å². The van der Waals surface area contributed by atoms with Gasteiger partial charge in [0, 0.05) is 31.1 Å². The Morgan fingerprint density at radius 2 is 1.65 bits per heavy atom. The van der Waals surface area contributed by atoms with Crippen molar-refractivity contribution in [1.29, 1.82) is 0 Å². The summed E-state index contributed by atoms with van der Waals surface area (Å²) in [7, 11) is 1.86. The van der Waals surface area contributed by atoms with E-state index in [1.807, 2.05) is 23.5 Å². The van der Waals surface area contributed by atoms with Gasteiger partial charge in [0.1, 0.15) is 24.5 Å². The molecule has 0 aliphatic heterocycles. The van der Waals surface area contributed by atoms with Crippen LogP contribution in [0, 0.1) is 0 Å². The van der Waals surface area contributed by atoms with Gasteiger partial charge in [-0.15, -0.1) is 0 Å². The number of hydrogen-bond donors (Lipinski definition) is 7. The zero-order valence-corrected chi connectivity index (χ0v) is 25.5.